The molecule has 11 nitrogen and oxygen atoms in total. The number of nitrogens with one attached hydrogen (secondary N) is 2. The van der Waals surface area contributed by atoms with E-state index in [9.17, 15) is 17.6 Å². The minimum absolute atomic E-state index is 0.00359. The van der Waals surface area contributed by atoms with Gasteiger partial charge in [0.2, 0.25) is 5.95 Å². The third kappa shape index (κ3) is 6.56. The minimum Gasteiger partial charge on any atom is -0.378 e. The molecule has 0 bridgehead atoms. The monoisotopic (exact) mass is 621 g/mol. The van der Waals surface area contributed by atoms with Crippen LogP contribution >= 0.6 is 0 Å². The molecule has 0 radical (unpaired) electrons. The second-order valence-electron chi connectivity index (χ2n) is 11.8. The van der Waals surface area contributed by atoms with Crippen molar-refractivity contribution in [2.45, 2.75) is 44.0 Å². The van der Waals surface area contributed by atoms with Gasteiger partial charge < -0.3 is 25.2 Å². The van der Waals surface area contributed by atoms with Crippen LogP contribution < -0.4 is 20.4 Å². The molecule has 2 aliphatic heterocycles. The van der Waals surface area contributed by atoms with Crippen LogP contribution in [0.5, 0.6) is 0 Å². The molecular formula is C31H36FN7O4S. The fourth-order valence-electron chi connectivity index (χ4n) is 6.26. The van der Waals surface area contributed by atoms with Crippen molar-refractivity contribution in [3.05, 3.63) is 42.2 Å². The molecule has 3 fully saturated rings. The molecule has 6 rings (SSSR count). The zero-order valence-electron chi connectivity index (χ0n) is 25.0. The van der Waals surface area contributed by atoms with E-state index in [1.807, 2.05) is 17.2 Å². The van der Waals surface area contributed by atoms with E-state index in [1.54, 1.807) is 19.2 Å². The number of carbonyl (C=O) groups excluding carboxylic acids is 1. The van der Waals surface area contributed by atoms with Crippen molar-refractivity contribution in [3.63, 3.8) is 0 Å². The Labute approximate surface area is 256 Å². The molecular weight excluding hydrogens is 585 g/mol. The number of ether oxygens (including phenoxy) is 1. The molecule has 44 heavy (non-hydrogen) atoms. The zero-order valence-corrected chi connectivity index (χ0v) is 25.8. The average Bonchev–Trinajstić information content (AvgIpc) is 3.72. The number of benzene rings is 1. The first-order chi connectivity index (χ1) is 21.1. The fraction of sp³-hybridized carbons (Fsp3) is 0.484. The maximum absolute atomic E-state index is 14.5. The number of carbonyl (C=O) groups is 1. The van der Waals surface area contributed by atoms with Crippen molar-refractivity contribution in [1.82, 2.24) is 20.3 Å². The second-order valence-corrected chi connectivity index (χ2v) is 14.0. The molecule has 13 heteroatoms. The number of aromatic nitrogens is 3. The van der Waals surface area contributed by atoms with Gasteiger partial charge in [-0.25, -0.2) is 22.8 Å². The van der Waals surface area contributed by atoms with Crippen molar-refractivity contribution in [3.8, 4) is 11.8 Å². The Balaban J connectivity index is 1.26. The van der Waals surface area contributed by atoms with E-state index in [0.717, 1.165) is 28.4 Å². The molecule has 1 aliphatic carbocycles. The van der Waals surface area contributed by atoms with Crippen molar-refractivity contribution in [2.75, 3.05) is 60.4 Å². The van der Waals surface area contributed by atoms with Crippen LogP contribution in [0.25, 0.3) is 10.8 Å². The van der Waals surface area contributed by atoms with Gasteiger partial charge in [0.1, 0.15) is 27.6 Å². The Kier molecular flexibility index (Phi) is 8.30. The first-order valence-corrected chi connectivity index (χ1v) is 16.8. The van der Waals surface area contributed by atoms with E-state index in [4.69, 9.17) is 9.72 Å². The van der Waals surface area contributed by atoms with Gasteiger partial charge in [0.05, 0.1) is 18.4 Å². The smallest absolute Gasteiger partial charge is 0.296 e. The molecule has 0 spiro atoms. The maximum Gasteiger partial charge on any atom is 0.296 e. The van der Waals surface area contributed by atoms with Gasteiger partial charge in [0, 0.05) is 74.3 Å². The molecule has 2 N–H and O–H groups in total. The molecule has 4 heterocycles. The number of piperidine rings is 1. The summed E-state index contributed by atoms with van der Waals surface area (Å²) in [5.74, 6) is 6.85. The van der Waals surface area contributed by atoms with Crippen LogP contribution in [-0.4, -0.2) is 92.9 Å². The average molecular weight is 622 g/mol. The summed E-state index contributed by atoms with van der Waals surface area (Å²) >= 11 is 0. The molecule has 232 valence electrons. The summed E-state index contributed by atoms with van der Waals surface area (Å²) in [5, 5.41) is 8.22. The van der Waals surface area contributed by atoms with E-state index in [2.05, 4.69) is 49.5 Å². The lowest BCUT2D eigenvalue weighted by Gasteiger charge is -2.41. The number of hydrogen-bond acceptors (Lipinski definition) is 10. The van der Waals surface area contributed by atoms with E-state index >= 15 is 0 Å². The normalized spacial score (nSPS) is 23.5. The highest BCUT2D eigenvalue weighted by Crippen LogP contribution is 2.46. The summed E-state index contributed by atoms with van der Waals surface area (Å²) in [6, 6.07) is 7.87. The molecule has 3 aromatic rings. The van der Waals surface area contributed by atoms with Gasteiger partial charge in [0.15, 0.2) is 0 Å². The quantitative estimate of drug-likeness (QED) is 0.344. The number of fused-ring (bicyclic) bond motifs is 1. The minimum atomic E-state index is -3.04. The number of alkyl halides is 1. The first-order valence-electron chi connectivity index (χ1n) is 14.7. The molecule has 0 unspecified atom stereocenters. The summed E-state index contributed by atoms with van der Waals surface area (Å²) in [6.45, 7) is 3.70. The third-order valence-corrected chi connectivity index (χ3v) is 9.54. The predicted octanol–water partition coefficient (Wildman–Crippen LogP) is 2.81. The molecule has 1 saturated carbocycles. The van der Waals surface area contributed by atoms with Gasteiger partial charge in [-0.3, -0.25) is 4.79 Å². The van der Waals surface area contributed by atoms with Gasteiger partial charge in [-0.05, 0) is 54.8 Å². The number of anilines is 4. The van der Waals surface area contributed by atoms with Crippen molar-refractivity contribution < 1.29 is 22.3 Å². The molecule has 2 aromatic heterocycles. The molecule has 1 aromatic carbocycles. The SMILES string of the molecule is CC#CC(=O)N[C@H]1C[C@@H]1c1ccc(N2CC(CS(C)(=O)=O)C2)c2cnc(Nc3ccnc(N4CC[C@@H](OC)[C@@H](F)C4)n3)cc12. The lowest BCUT2D eigenvalue weighted by molar-refractivity contribution is -0.115. The van der Waals surface area contributed by atoms with Crippen LogP contribution in [0.15, 0.2) is 36.7 Å². The van der Waals surface area contributed by atoms with Crippen LogP contribution in [0.3, 0.4) is 0 Å². The number of hydrogen-bond donors (Lipinski definition) is 2. The van der Waals surface area contributed by atoms with Crippen LogP contribution in [-0.2, 0) is 19.4 Å². The highest BCUT2D eigenvalue weighted by atomic mass is 32.2. The zero-order chi connectivity index (χ0) is 31.0. The number of amides is 1. The number of methoxy groups -OCH3 is 1. The molecule has 2 saturated heterocycles. The van der Waals surface area contributed by atoms with Crippen LogP contribution in [0.2, 0.25) is 0 Å². The summed E-state index contributed by atoms with van der Waals surface area (Å²) in [7, 11) is -1.52. The number of halogens is 1. The summed E-state index contributed by atoms with van der Waals surface area (Å²) in [5.41, 5.74) is 2.09. The topological polar surface area (TPSA) is 130 Å². The maximum atomic E-state index is 14.5. The number of sulfone groups is 1. The van der Waals surface area contributed by atoms with Crippen LogP contribution in [0.4, 0.5) is 27.7 Å². The fourth-order valence-corrected chi connectivity index (χ4v) is 7.33. The molecule has 3 aliphatic rings. The highest BCUT2D eigenvalue weighted by molar-refractivity contribution is 7.90. The molecule has 4 atom stereocenters. The predicted molar refractivity (Wildman–Crippen MR) is 168 cm³/mol. The van der Waals surface area contributed by atoms with Gasteiger partial charge in [-0.15, -0.1) is 0 Å². The van der Waals surface area contributed by atoms with E-state index < -0.39 is 22.1 Å². The highest BCUT2D eigenvalue weighted by Gasteiger charge is 2.41. The number of nitrogens with zero attached hydrogens (tertiary/aromatic N) is 5. The van der Waals surface area contributed by atoms with E-state index in [-0.39, 0.29) is 36.1 Å². The van der Waals surface area contributed by atoms with Crippen molar-refractivity contribution in [1.29, 1.82) is 0 Å². The van der Waals surface area contributed by atoms with Crippen molar-refractivity contribution in [2.24, 2.45) is 5.92 Å². The lowest BCUT2D eigenvalue weighted by atomic mass is 9.96. The van der Waals surface area contributed by atoms with Crippen LogP contribution in [0, 0.1) is 17.8 Å². The van der Waals surface area contributed by atoms with Gasteiger partial charge in [-0.1, -0.05) is 12.0 Å². The van der Waals surface area contributed by atoms with Gasteiger partial charge in [-0.2, -0.15) is 4.98 Å². The number of pyridine rings is 1. The van der Waals surface area contributed by atoms with E-state index in [1.165, 1.54) is 13.4 Å². The standard InChI is InChI=1S/C31H36FN7O4S/c1-4-5-30(40)35-25-12-22(25)20-6-7-26(39-15-19(16-39)18-44(3,41)42)23-14-34-29(13-21(20)23)36-28-8-10-33-31(37-28)38-11-9-27(43-2)24(32)17-38/h6-8,10,13-14,19,22,24-25,27H,9,11-12,15-18H2,1-3H3,(H,35,40)(H,33,34,36,37)/t22-,24+,25+,27-/m1/s1. The van der Waals surface area contributed by atoms with Gasteiger partial charge in [0.25, 0.3) is 5.91 Å². The summed E-state index contributed by atoms with van der Waals surface area (Å²) in [4.78, 5) is 29.8. The van der Waals surface area contributed by atoms with E-state index in [0.29, 0.717) is 43.6 Å². The van der Waals surface area contributed by atoms with Crippen molar-refractivity contribution >= 4 is 49.8 Å². The Morgan fingerprint density at radius 2 is 1.95 bits per heavy atom. The summed E-state index contributed by atoms with van der Waals surface area (Å²) in [6.07, 6.45) is 4.55. The Hall–Kier alpha value is -4.02. The number of rotatable bonds is 9. The second kappa shape index (κ2) is 12.2. The first kappa shape index (κ1) is 30.0. The Morgan fingerprint density at radius 3 is 2.68 bits per heavy atom. The van der Waals surface area contributed by atoms with Gasteiger partial charge >= 0.3 is 0 Å². The lowest BCUT2D eigenvalue weighted by Crippen LogP contribution is -2.49. The third-order valence-electron chi connectivity index (χ3n) is 8.46. The molecule has 1 amide bonds. The Bertz CT molecular complexity index is 1740. The largest absolute Gasteiger partial charge is 0.378 e. The Morgan fingerprint density at radius 1 is 1.14 bits per heavy atom. The summed E-state index contributed by atoms with van der Waals surface area (Å²) < 4.78 is 43.4. The van der Waals surface area contributed by atoms with Crippen LogP contribution in [0.1, 0.15) is 31.2 Å².